The van der Waals surface area contributed by atoms with Gasteiger partial charge >= 0.3 is 6.36 Å². The van der Waals surface area contributed by atoms with Crippen molar-refractivity contribution in [2.75, 3.05) is 6.26 Å². The fraction of sp³-hybridized carbons (Fsp3) is 0.464. The van der Waals surface area contributed by atoms with Gasteiger partial charge in [-0.05, 0) is 19.9 Å². The Labute approximate surface area is 258 Å². The van der Waals surface area contributed by atoms with E-state index >= 15 is 0 Å². The van der Waals surface area contributed by atoms with Gasteiger partial charge in [0.25, 0.3) is 10.1 Å². The van der Waals surface area contributed by atoms with Gasteiger partial charge in [0.05, 0.1) is 47.3 Å². The Bertz CT molecular complexity index is 1740. The van der Waals surface area contributed by atoms with E-state index in [1.165, 1.54) is 6.92 Å². The second kappa shape index (κ2) is 11.5. The number of rotatable bonds is 7. The van der Waals surface area contributed by atoms with Crippen LogP contribution in [0.25, 0.3) is 0 Å². The smallest absolute Gasteiger partial charge is 0.507 e. The molecular formula is C28H28F3NO13S. The topological polar surface area (TPSA) is 215 Å². The van der Waals surface area contributed by atoms with Crippen LogP contribution in [0.2, 0.25) is 0 Å². The van der Waals surface area contributed by atoms with Crippen LogP contribution in [0.3, 0.4) is 0 Å². The van der Waals surface area contributed by atoms with E-state index in [4.69, 9.17) is 9.47 Å². The van der Waals surface area contributed by atoms with Crippen LogP contribution in [0, 0.1) is 0 Å². The van der Waals surface area contributed by atoms with Crippen LogP contribution in [0.5, 0.6) is 17.2 Å². The van der Waals surface area contributed by atoms with Crippen molar-refractivity contribution in [3.05, 3.63) is 51.6 Å². The number of aliphatic hydroxyl groups excluding tert-OH is 1. The molecule has 0 saturated carbocycles. The number of carbonyl (C=O) groups excluding carboxylic acids is 3. The summed E-state index contributed by atoms with van der Waals surface area (Å²) in [5.74, 6) is -6.14. The second-order valence-corrected chi connectivity index (χ2v) is 12.9. The summed E-state index contributed by atoms with van der Waals surface area (Å²) in [5, 5.41) is 44.6. The second-order valence-electron chi connectivity index (χ2n) is 11.3. The minimum absolute atomic E-state index is 0.300. The molecule has 6 atom stereocenters. The lowest BCUT2D eigenvalue weighted by Crippen LogP contribution is -2.54. The number of carbonyl (C=O) groups is 3. The Morgan fingerprint density at radius 3 is 2.37 bits per heavy atom. The molecule has 250 valence electrons. The fourth-order valence-electron chi connectivity index (χ4n) is 5.93. The van der Waals surface area contributed by atoms with Gasteiger partial charge in [-0.3, -0.25) is 14.4 Å². The predicted molar refractivity (Wildman–Crippen MR) is 145 cm³/mol. The monoisotopic (exact) mass is 675 g/mol. The van der Waals surface area contributed by atoms with Gasteiger partial charge in [0.2, 0.25) is 5.78 Å². The molecule has 1 saturated heterocycles. The lowest BCUT2D eigenvalue weighted by atomic mass is 9.72. The third-order valence-electron chi connectivity index (χ3n) is 8.11. The molecule has 5 rings (SSSR count). The first kappa shape index (κ1) is 33.7. The zero-order valence-corrected chi connectivity index (χ0v) is 25.1. The number of nitrogens with one attached hydrogen (secondary N) is 1. The van der Waals surface area contributed by atoms with E-state index in [1.54, 1.807) is 0 Å². The summed E-state index contributed by atoms with van der Waals surface area (Å²) < 4.78 is 82.6. The largest absolute Gasteiger partial charge is 0.573 e. The number of aliphatic hydroxyl groups is 2. The Hall–Kier alpha value is -3.65. The molecule has 14 nitrogen and oxygen atoms in total. The molecule has 18 heteroatoms. The number of Topliss-reactive ketones (excluding diaryl/α,β-unsaturated/α-hetero) is 1. The molecule has 4 unspecified atom stereocenters. The maximum atomic E-state index is 13.7. The number of hydrogen-bond acceptors (Lipinski definition) is 14. The number of phenols is 2. The van der Waals surface area contributed by atoms with Gasteiger partial charge in [-0.1, -0.05) is 12.1 Å². The van der Waals surface area contributed by atoms with Gasteiger partial charge < -0.3 is 34.6 Å². The number of aromatic hydroxyl groups is 2. The van der Waals surface area contributed by atoms with Crippen LogP contribution < -0.4 is 10.2 Å². The molecule has 0 spiro atoms. The highest BCUT2D eigenvalue weighted by Gasteiger charge is 2.50. The van der Waals surface area contributed by atoms with Gasteiger partial charge in [-0.25, -0.2) is 0 Å². The third kappa shape index (κ3) is 6.08. The summed E-state index contributed by atoms with van der Waals surface area (Å²) >= 11 is 0. The Kier molecular flexibility index (Phi) is 8.46. The first-order valence-corrected chi connectivity index (χ1v) is 15.5. The normalized spacial score (nSPS) is 27.9. The zero-order chi connectivity index (χ0) is 34.1. The molecular weight excluding hydrogens is 647 g/mol. The Morgan fingerprint density at radius 1 is 1.11 bits per heavy atom. The first-order chi connectivity index (χ1) is 21.2. The molecule has 46 heavy (non-hydrogen) atoms. The van der Waals surface area contributed by atoms with Crippen molar-refractivity contribution in [1.29, 1.82) is 0 Å². The molecule has 2 aromatic carbocycles. The van der Waals surface area contributed by atoms with Gasteiger partial charge in [0.15, 0.2) is 17.9 Å². The van der Waals surface area contributed by atoms with Crippen molar-refractivity contribution >= 4 is 27.5 Å². The number of alkyl halides is 3. The number of hydroxylamine groups is 1. The number of phenolic OH excluding ortho intramolecular Hbond substituents is 2. The van der Waals surface area contributed by atoms with Gasteiger partial charge in [0, 0.05) is 36.0 Å². The van der Waals surface area contributed by atoms with Crippen molar-refractivity contribution in [1.82, 2.24) is 5.48 Å². The van der Waals surface area contributed by atoms with Crippen molar-refractivity contribution in [3.8, 4) is 17.2 Å². The Morgan fingerprint density at radius 2 is 1.76 bits per heavy atom. The first-order valence-electron chi connectivity index (χ1n) is 13.7. The number of halogens is 3. The van der Waals surface area contributed by atoms with Crippen LogP contribution in [0.4, 0.5) is 13.2 Å². The number of ether oxygens (including phenoxy) is 3. The lowest BCUT2D eigenvalue weighted by Gasteiger charge is -2.42. The number of ketones is 3. The number of hydrogen-bond donors (Lipinski definition) is 5. The van der Waals surface area contributed by atoms with E-state index in [9.17, 15) is 56.4 Å². The van der Waals surface area contributed by atoms with Crippen molar-refractivity contribution in [2.45, 2.75) is 75.7 Å². The molecule has 0 bridgehead atoms. The lowest BCUT2D eigenvalue weighted by molar-refractivity contribution is -0.274. The molecule has 1 aliphatic heterocycles. The van der Waals surface area contributed by atoms with E-state index in [0.29, 0.717) is 0 Å². The van der Waals surface area contributed by atoms with E-state index in [-0.39, 0.29) is 17.5 Å². The van der Waals surface area contributed by atoms with Crippen LogP contribution >= 0.6 is 0 Å². The van der Waals surface area contributed by atoms with Crippen LogP contribution in [-0.4, -0.2) is 89.0 Å². The van der Waals surface area contributed by atoms with Crippen LogP contribution in [0.1, 0.15) is 75.8 Å². The maximum absolute atomic E-state index is 13.7. The van der Waals surface area contributed by atoms with Crippen molar-refractivity contribution < 1.29 is 74.9 Å². The van der Waals surface area contributed by atoms with Crippen LogP contribution in [-0.2, 0) is 35.1 Å². The highest BCUT2D eigenvalue weighted by Crippen LogP contribution is 2.52. The standard InChI is InChI=1S/C28H28F3NO13S/c1-10-22(34)14(32-45-46(3,40)41)7-17(42-10)43-16-9-27(39,11(2)33)8-13-19(16)26(38)21-20(24(13)36)23(35)12-5-4-6-15(18(12)25(21)37)44-28(29,30)31/h4-6,10,14,16-17,22,32,34,36,38-39H,7-9H2,1-3H3/t10?,14?,16-,17?,22?,27-/m0/s1. The van der Waals surface area contributed by atoms with Gasteiger partial charge in [-0.2, -0.15) is 18.2 Å². The highest BCUT2D eigenvalue weighted by atomic mass is 32.2. The minimum Gasteiger partial charge on any atom is -0.507 e. The summed E-state index contributed by atoms with van der Waals surface area (Å²) in [4.78, 5) is 39.8. The van der Waals surface area contributed by atoms with Crippen molar-refractivity contribution in [3.63, 3.8) is 0 Å². The molecule has 3 aliphatic rings. The zero-order valence-electron chi connectivity index (χ0n) is 24.2. The maximum Gasteiger partial charge on any atom is 0.573 e. The summed E-state index contributed by atoms with van der Waals surface area (Å²) in [6, 6.07) is 1.75. The highest BCUT2D eigenvalue weighted by molar-refractivity contribution is 7.85. The SMILES string of the molecule is CC(=O)[C@]1(O)Cc2c(O)c3c(c(O)c2[C@@H](OC2CC(NOS(C)(=O)=O)C(O)C(C)O2)C1)C(=O)c1c(OC(F)(F)F)cccc1C3=O. The average Bonchev–Trinajstić information content (AvgIpc) is 2.93. The number of fused-ring (bicyclic) bond motifs is 3. The van der Waals surface area contributed by atoms with Crippen LogP contribution in [0.15, 0.2) is 18.2 Å². The fourth-order valence-corrected chi connectivity index (χ4v) is 6.23. The minimum atomic E-state index is -5.25. The molecule has 2 aliphatic carbocycles. The molecule has 1 fully saturated rings. The molecule has 2 aromatic rings. The predicted octanol–water partition coefficient (Wildman–Crippen LogP) is 1.44. The summed E-state index contributed by atoms with van der Waals surface area (Å²) in [5.41, 5.74) is -3.75. The average molecular weight is 676 g/mol. The summed E-state index contributed by atoms with van der Waals surface area (Å²) in [6.07, 6.45) is -11.3. The van der Waals surface area contributed by atoms with E-state index < -0.39 is 122 Å². The number of benzene rings is 2. The molecule has 0 radical (unpaired) electrons. The van der Waals surface area contributed by atoms with Gasteiger partial charge in [-0.15, -0.1) is 13.2 Å². The van der Waals surface area contributed by atoms with E-state index in [0.717, 1.165) is 31.4 Å². The molecule has 5 N–H and O–H groups in total. The van der Waals surface area contributed by atoms with Gasteiger partial charge in [0.1, 0.15) is 22.8 Å². The van der Waals surface area contributed by atoms with E-state index in [2.05, 4.69) is 14.5 Å². The third-order valence-corrected chi connectivity index (χ3v) is 8.51. The quantitative estimate of drug-likeness (QED) is 0.177. The summed E-state index contributed by atoms with van der Waals surface area (Å²) in [7, 11) is -4.00. The van der Waals surface area contributed by atoms with Crippen molar-refractivity contribution in [2.24, 2.45) is 0 Å². The Balaban J connectivity index is 1.61. The molecule has 0 amide bonds. The van der Waals surface area contributed by atoms with E-state index in [1.807, 2.05) is 0 Å². The molecule has 1 heterocycles. The molecule has 0 aromatic heterocycles. The summed E-state index contributed by atoms with van der Waals surface area (Å²) in [6.45, 7) is 2.46.